The number of carbonyl (C=O) groups is 2. The van der Waals surface area contributed by atoms with E-state index < -0.39 is 0 Å². The van der Waals surface area contributed by atoms with Crippen LogP contribution in [0.25, 0.3) is 10.8 Å². The Balaban J connectivity index is 1.61. The molecule has 0 saturated heterocycles. The Kier molecular flexibility index (Phi) is 8.73. The fourth-order valence-corrected chi connectivity index (χ4v) is 4.88. The minimum Gasteiger partial charge on any atom is -0.456 e. The van der Waals surface area contributed by atoms with E-state index in [9.17, 15) is 14.7 Å². The molecule has 38 heavy (non-hydrogen) atoms. The zero-order valence-corrected chi connectivity index (χ0v) is 21.9. The normalized spacial score (nSPS) is 11.7. The number of hydrogen-bond acceptors (Lipinski definition) is 8. The third-order valence-corrected chi connectivity index (χ3v) is 7.10. The fraction of sp³-hybridized carbons (Fsp3) is 0.172. The first-order valence-corrected chi connectivity index (χ1v) is 12.8. The Morgan fingerprint density at radius 2 is 1.79 bits per heavy atom. The Bertz CT molecular complexity index is 1500. The second-order valence-corrected chi connectivity index (χ2v) is 9.58. The Morgan fingerprint density at radius 1 is 1.08 bits per heavy atom. The lowest BCUT2D eigenvalue weighted by Crippen LogP contribution is -2.22. The van der Waals surface area contributed by atoms with Crippen LogP contribution in [-0.2, 0) is 11.3 Å². The lowest BCUT2D eigenvalue weighted by Gasteiger charge is -2.22. The minimum atomic E-state index is -0.271. The van der Waals surface area contributed by atoms with Crippen LogP contribution >= 0.6 is 11.8 Å². The van der Waals surface area contributed by atoms with Gasteiger partial charge in [-0.1, -0.05) is 48.5 Å². The second-order valence-electron chi connectivity index (χ2n) is 8.51. The van der Waals surface area contributed by atoms with E-state index in [0.29, 0.717) is 45.5 Å². The molecule has 9 heteroatoms. The van der Waals surface area contributed by atoms with Crippen molar-refractivity contribution >= 4 is 39.9 Å². The maximum atomic E-state index is 13.5. The summed E-state index contributed by atoms with van der Waals surface area (Å²) in [6, 6.07) is 20.6. The predicted molar refractivity (Wildman–Crippen MR) is 150 cm³/mol. The summed E-state index contributed by atoms with van der Waals surface area (Å²) in [7, 11) is 0. The smallest absolute Gasteiger partial charge is 0.227 e. The van der Waals surface area contributed by atoms with Crippen molar-refractivity contribution in [1.29, 1.82) is 0 Å². The summed E-state index contributed by atoms with van der Waals surface area (Å²) in [5, 5.41) is 11.4. The van der Waals surface area contributed by atoms with Gasteiger partial charge < -0.3 is 20.5 Å². The number of aromatic nitrogens is 2. The highest BCUT2D eigenvalue weighted by Gasteiger charge is 2.20. The van der Waals surface area contributed by atoms with Crippen molar-refractivity contribution in [2.24, 2.45) is 0 Å². The average molecular weight is 529 g/mol. The van der Waals surface area contributed by atoms with Gasteiger partial charge in [0.25, 0.3) is 0 Å². The number of aryl methyl sites for hydroxylation is 1. The molecule has 4 aromatic rings. The molecule has 0 atom stereocenters. The first kappa shape index (κ1) is 26.8. The number of nitrogen functional groups attached to an aromatic ring is 1. The van der Waals surface area contributed by atoms with Gasteiger partial charge in [-0.3, -0.25) is 9.59 Å². The molecular weight excluding hydrogens is 500 g/mol. The third-order valence-electron chi connectivity index (χ3n) is 5.95. The summed E-state index contributed by atoms with van der Waals surface area (Å²) < 4.78 is 6.22. The molecule has 3 N–H and O–H groups in total. The Hall–Kier alpha value is -4.21. The number of benzene rings is 3. The molecule has 0 aliphatic rings. The number of nitrogens with two attached hydrogens (primary N) is 1. The number of fused-ring (bicyclic) bond motifs is 1. The average Bonchev–Trinajstić information content (AvgIpc) is 2.92. The molecule has 0 radical (unpaired) electrons. The molecule has 0 unspecified atom stereocenters. The first-order valence-electron chi connectivity index (χ1n) is 12.0. The van der Waals surface area contributed by atoms with E-state index in [4.69, 9.17) is 10.5 Å². The molecule has 0 aliphatic carbocycles. The van der Waals surface area contributed by atoms with Gasteiger partial charge in [0, 0.05) is 40.8 Å². The zero-order chi connectivity index (χ0) is 27.1. The monoisotopic (exact) mass is 528 g/mol. The number of amides is 1. The number of ether oxygens (including phenoxy) is 1. The van der Waals surface area contributed by atoms with Gasteiger partial charge >= 0.3 is 0 Å². The molecule has 8 nitrogen and oxygen atoms in total. The van der Waals surface area contributed by atoms with E-state index in [1.54, 1.807) is 44.3 Å². The van der Waals surface area contributed by atoms with Gasteiger partial charge in [-0.2, -0.15) is 0 Å². The largest absolute Gasteiger partial charge is 0.456 e. The Morgan fingerprint density at radius 3 is 2.55 bits per heavy atom. The van der Waals surface area contributed by atoms with Gasteiger partial charge in [0.1, 0.15) is 23.1 Å². The van der Waals surface area contributed by atoms with Gasteiger partial charge in [-0.25, -0.2) is 9.97 Å². The number of hydrogen-bond donors (Lipinski definition) is 2. The maximum Gasteiger partial charge on any atom is 0.227 e. The van der Waals surface area contributed by atoms with Gasteiger partial charge in [0.15, 0.2) is 0 Å². The van der Waals surface area contributed by atoms with Crippen LogP contribution in [0.5, 0.6) is 11.5 Å². The summed E-state index contributed by atoms with van der Waals surface area (Å²) in [6.45, 7) is 3.39. The van der Waals surface area contributed by atoms with Crippen LogP contribution in [0, 0.1) is 6.92 Å². The Labute approximate surface area is 225 Å². The van der Waals surface area contributed by atoms with Crippen molar-refractivity contribution in [3.8, 4) is 11.5 Å². The lowest BCUT2D eigenvalue weighted by atomic mass is 10.1. The van der Waals surface area contributed by atoms with Crippen LogP contribution in [0.15, 0.2) is 83.5 Å². The molecule has 0 saturated carbocycles. The molecule has 1 heterocycles. The standard InChI is InChI=1S/C29H28N4O4S/c1-19(33(18-35)17-22-16-31-20(2)32-28(22)30)27(14-15-34)38-29(36)24-11-5-6-12-26(24)37-25-13-7-9-21-8-3-4-10-23(21)25/h3-13,16,18,34H,14-15,17H2,1-2H3,(H2,30,31,32)/b27-19-. The zero-order valence-electron chi connectivity index (χ0n) is 21.1. The van der Waals surface area contributed by atoms with E-state index in [1.165, 1.54) is 4.90 Å². The number of allylic oxidation sites excluding steroid dienone is 1. The number of carbonyl (C=O) groups excluding carboxylic acids is 2. The molecule has 1 aromatic heterocycles. The van der Waals surface area contributed by atoms with E-state index in [-0.39, 0.29) is 30.5 Å². The van der Waals surface area contributed by atoms with Gasteiger partial charge in [-0.15, -0.1) is 0 Å². The number of aliphatic hydroxyl groups excluding tert-OH is 1. The summed E-state index contributed by atoms with van der Waals surface area (Å²) in [5.41, 5.74) is 7.49. The summed E-state index contributed by atoms with van der Waals surface area (Å²) in [5.74, 6) is 1.87. The van der Waals surface area contributed by atoms with E-state index in [0.717, 1.165) is 22.5 Å². The van der Waals surface area contributed by atoms with Crippen molar-refractivity contribution < 1.29 is 19.4 Å². The van der Waals surface area contributed by atoms with E-state index >= 15 is 0 Å². The highest BCUT2D eigenvalue weighted by Crippen LogP contribution is 2.35. The van der Waals surface area contributed by atoms with Crippen LogP contribution in [0.2, 0.25) is 0 Å². The minimum absolute atomic E-state index is 0.131. The SMILES string of the molecule is C/C(=C(\CCO)SC(=O)c1ccccc1Oc1cccc2ccccc12)N(C=O)Cc1cnc(C)nc1N. The van der Waals surface area contributed by atoms with Gasteiger partial charge in [-0.05, 0) is 49.2 Å². The second kappa shape index (κ2) is 12.4. The topological polar surface area (TPSA) is 119 Å². The predicted octanol–water partition coefficient (Wildman–Crippen LogP) is 5.46. The molecule has 4 rings (SSSR count). The van der Waals surface area contributed by atoms with Crippen LogP contribution in [0.1, 0.15) is 35.1 Å². The lowest BCUT2D eigenvalue weighted by molar-refractivity contribution is -0.116. The first-order chi connectivity index (χ1) is 18.4. The maximum absolute atomic E-state index is 13.5. The molecule has 0 spiro atoms. The number of aliphatic hydroxyl groups is 1. The number of nitrogens with zero attached hydrogens (tertiary/aromatic N) is 3. The van der Waals surface area contributed by atoms with Crippen molar-refractivity contribution in [3.63, 3.8) is 0 Å². The van der Waals surface area contributed by atoms with Crippen molar-refractivity contribution in [3.05, 3.63) is 100 Å². The molecule has 194 valence electrons. The number of para-hydroxylation sites is 1. The molecule has 0 fully saturated rings. The number of anilines is 1. The highest BCUT2D eigenvalue weighted by atomic mass is 32.2. The van der Waals surface area contributed by atoms with E-state index in [2.05, 4.69) is 9.97 Å². The van der Waals surface area contributed by atoms with Crippen molar-refractivity contribution in [2.45, 2.75) is 26.8 Å². The molecular formula is C29H28N4O4S. The number of rotatable bonds is 10. The summed E-state index contributed by atoms with van der Waals surface area (Å²) >= 11 is 0.957. The van der Waals surface area contributed by atoms with Crippen LogP contribution in [0.3, 0.4) is 0 Å². The fourth-order valence-electron chi connectivity index (χ4n) is 3.91. The van der Waals surface area contributed by atoms with Crippen molar-refractivity contribution in [1.82, 2.24) is 14.9 Å². The summed E-state index contributed by atoms with van der Waals surface area (Å²) in [4.78, 5) is 35.8. The molecule has 1 amide bonds. The van der Waals surface area contributed by atoms with Crippen LogP contribution in [0.4, 0.5) is 5.82 Å². The molecule has 0 bridgehead atoms. The van der Waals surface area contributed by atoms with Crippen molar-refractivity contribution in [2.75, 3.05) is 12.3 Å². The van der Waals surface area contributed by atoms with Crippen LogP contribution in [-0.4, -0.2) is 38.1 Å². The third kappa shape index (κ3) is 6.19. The quantitative estimate of drug-likeness (QED) is 0.261. The number of thioether (sulfide) groups is 1. The molecule has 3 aromatic carbocycles. The van der Waals surface area contributed by atoms with Gasteiger partial charge in [0.05, 0.1) is 12.1 Å². The summed E-state index contributed by atoms with van der Waals surface area (Å²) in [6.07, 6.45) is 2.43. The van der Waals surface area contributed by atoms with Gasteiger partial charge in [0.2, 0.25) is 11.5 Å². The highest BCUT2D eigenvalue weighted by molar-refractivity contribution is 8.17. The molecule has 0 aliphatic heterocycles. The van der Waals surface area contributed by atoms with E-state index in [1.807, 2.05) is 42.5 Å². The van der Waals surface area contributed by atoms with Crippen LogP contribution < -0.4 is 10.5 Å².